The van der Waals surface area contributed by atoms with Gasteiger partial charge in [-0.2, -0.15) is 0 Å². The van der Waals surface area contributed by atoms with Crippen molar-refractivity contribution in [1.82, 2.24) is 10.3 Å². The first-order valence-electron chi connectivity index (χ1n) is 11.8. The smallest absolute Gasteiger partial charge is 0.252 e. The van der Waals surface area contributed by atoms with Crippen LogP contribution in [0.15, 0.2) is 84.1 Å². The molecule has 1 aliphatic carbocycles. The second-order valence-corrected chi connectivity index (χ2v) is 8.75. The standard InChI is InChI=1S/C30H28N2O5/c1-17-11-12-22(30(35)32-19(3)20-9-7-6-8-10-20)25(21-13-15-31-16-14-21)23(17)24-18(2)26(33)28(36-4)29(37-5)27(24)34/h6-16,19H,1-5H3,(H,32,35)/t19-/m0/s1. The number of nitrogens with zero attached hydrogens (tertiary/aromatic N) is 1. The van der Waals surface area contributed by atoms with Gasteiger partial charge in [-0.25, -0.2) is 0 Å². The lowest BCUT2D eigenvalue weighted by molar-refractivity contribution is -0.119. The summed E-state index contributed by atoms with van der Waals surface area (Å²) in [5.41, 5.74) is 4.17. The number of hydrogen-bond donors (Lipinski definition) is 1. The van der Waals surface area contributed by atoms with Gasteiger partial charge in [-0.1, -0.05) is 36.4 Å². The van der Waals surface area contributed by atoms with Gasteiger partial charge in [0.15, 0.2) is 0 Å². The Morgan fingerprint density at radius 3 is 2.08 bits per heavy atom. The fraction of sp³-hybridized carbons (Fsp3) is 0.200. The first kappa shape index (κ1) is 25.6. The zero-order valence-electron chi connectivity index (χ0n) is 21.4. The molecule has 0 fully saturated rings. The Balaban J connectivity index is 1.93. The molecule has 37 heavy (non-hydrogen) atoms. The molecular formula is C30H28N2O5. The lowest BCUT2D eigenvalue weighted by Crippen LogP contribution is -2.28. The van der Waals surface area contributed by atoms with E-state index in [4.69, 9.17) is 9.47 Å². The lowest BCUT2D eigenvalue weighted by atomic mass is 9.80. The van der Waals surface area contributed by atoms with Gasteiger partial charge in [0.05, 0.1) is 20.3 Å². The van der Waals surface area contributed by atoms with Gasteiger partial charge in [-0.15, -0.1) is 0 Å². The molecule has 0 unspecified atom stereocenters. The van der Waals surface area contributed by atoms with Crippen molar-refractivity contribution < 1.29 is 23.9 Å². The highest BCUT2D eigenvalue weighted by Crippen LogP contribution is 2.40. The molecule has 1 N–H and O–H groups in total. The maximum absolute atomic E-state index is 13.7. The second-order valence-electron chi connectivity index (χ2n) is 8.75. The number of amides is 1. The molecular weight excluding hydrogens is 468 g/mol. The molecule has 2 aromatic carbocycles. The first-order chi connectivity index (χ1) is 17.8. The summed E-state index contributed by atoms with van der Waals surface area (Å²) in [7, 11) is 2.65. The highest BCUT2D eigenvalue weighted by atomic mass is 16.5. The molecule has 7 nitrogen and oxygen atoms in total. The molecule has 0 radical (unpaired) electrons. The van der Waals surface area contributed by atoms with E-state index in [2.05, 4.69) is 10.3 Å². The quantitative estimate of drug-likeness (QED) is 0.464. The SMILES string of the molecule is COC1=C(OC)C(=O)C(c2c(C)ccc(C(=O)N[C@@H](C)c3ccccc3)c2-c2ccncc2)=C(C)C1=O. The lowest BCUT2D eigenvalue weighted by Gasteiger charge is -2.25. The summed E-state index contributed by atoms with van der Waals surface area (Å²) >= 11 is 0. The van der Waals surface area contributed by atoms with Crippen molar-refractivity contribution in [2.24, 2.45) is 0 Å². The van der Waals surface area contributed by atoms with Crippen molar-refractivity contribution in [2.75, 3.05) is 14.2 Å². The normalized spacial score (nSPS) is 14.5. The minimum absolute atomic E-state index is 0.137. The number of ketones is 2. The summed E-state index contributed by atoms with van der Waals surface area (Å²) in [6.07, 6.45) is 3.24. The number of ether oxygens (including phenoxy) is 2. The summed E-state index contributed by atoms with van der Waals surface area (Å²) in [5, 5.41) is 3.06. The number of rotatable bonds is 7. The summed E-state index contributed by atoms with van der Waals surface area (Å²) in [6, 6.07) is 16.5. The second kappa shape index (κ2) is 10.6. The fourth-order valence-corrected chi connectivity index (χ4v) is 4.58. The van der Waals surface area contributed by atoms with Crippen LogP contribution in [0.5, 0.6) is 0 Å². The molecule has 1 heterocycles. The van der Waals surface area contributed by atoms with Gasteiger partial charge in [0, 0.05) is 34.7 Å². The number of aryl methyl sites for hydroxylation is 1. The molecule has 1 aliphatic rings. The number of hydrogen-bond acceptors (Lipinski definition) is 6. The molecule has 0 bridgehead atoms. The van der Waals surface area contributed by atoms with Crippen LogP contribution in [-0.4, -0.2) is 36.7 Å². The molecule has 0 spiro atoms. The van der Waals surface area contributed by atoms with E-state index in [0.29, 0.717) is 22.3 Å². The predicted molar refractivity (Wildman–Crippen MR) is 140 cm³/mol. The maximum Gasteiger partial charge on any atom is 0.252 e. The Morgan fingerprint density at radius 1 is 0.838 bits per heavy atom. The van der Waals surface area contributed by atoms with E-state index in [1.54, 1.807) is 43.6 Å². The van der Waals surface area contributed by atoms with Crippen LogP contribution in [0.1, 0.15) is 46.9 Å². The maximum atomic E-state index is 13.7. The molecule has 0 saturated heterocycles. The third kappa shape index (κ3) is 4.68. The van der Waals surface area contributed by atoms with Crippen LogP contribution in [0.25, 0.3) is 16.7 Å². The number of nitrogens with one attached hydrogen (secondary N) is 1. The number of Topliss-reactive ketones (excluding diaryl/α,β-unsaturated/α-hetero) is 2. The van der Waals surface area contributed by atoms with Crippen molar-refractivity contribution in [2.45, 2.75) is 26.8 Å². The molecule has 4 rings (SSSR count). The van der Waals surface area contributed by atoms with E-state index in [9.17, 15) is 14.4 Å². The zero-order chi connectivity index (χ0) is 26.7. The summed E-state index contributed by atoms with van der Waals surface area (Å²) in [6.45, 7) is 5.34. The minimum atomic E-state index is -0.481. The molecule has 1 atom stereocenters. The molecule has 1 amide bonds. The van der Waals surface area contributed by atoms with Crippen LogP contribution in [0.4, 0.5) is 0 Å². The van der Waals surface area contributed by atoms with Crippen molar-refractivity contribution in [1.29, 1.82) is 0 Å². The molecule has 0 saturated carbocycles. The van der Waals surface area contributed by atoms with Gasteiger partial charge in [0.25, 0.3) is 5.91 Å². The number of aromatic nitrogens is 1. The van der Waals surface area contributed by atoms with E-state index in [1.807, 2.05) is 44.2 Å². The van der Waals surface area contributed by atoms with E-state index >= 15 is 0 Å². The Bertz CT molecular complexity index is 1440. The number of benzene rings is 2. The zero-order valence-corrected chi connectivity index (χ0v) is 21.4. The summed E-state index contributed by atoms with van der Waals surface area (Å²) < 4.78 is 10.5. The Morgan fingerprint density at radius 2 is 1.46 bits per heavy atom. The summed E-state index contributed by atoms with van der Waals surface area (Å²) in [5.74, 6) is -1.54. The number of methoxy groups -OCH3 is 2. The van der Waals surface area contributed by atoms with E-state index in [0.717, 1.165) is 11.1 Å². The number of carbonyl (C=O) groups excluding carboxylic acids is 3. The average Bonchev–Trinajstić information content (AvgIpc) is 2.92. The van der Waals surface area contributed by atoms with Crippen LogP contribution in [0.3, 0.4) is 0 Å². The van der Waals surface area contributed by atoms with Crippen LogP contribution in [-0.2, 0) is 19.1 Å². The third-order valence-corrected chi connectivity index (χ3v) is 6.49. The first-order valence-corrected chi connectivity index (χ1v) is 11.8. The molecule has 188 valence electrons. The van der Waals surface area contributed by atoms with Gasteiger partial charge in [0.2, 0.25) is 23.1 Å². The fourth-order valence-electron chi connectivity index (χ4n) is 4.58. The van der Waals surface area contributed by atoms with E-state index in [-0.39, 0.29) is 34.6 Å². The van der Waals surface area contributed by atoms with Crippen LogP contribution in [0, 0.1) is 6.92 Å². The molecule has 7 heteroatoms. The van der Waals surface area contributed by atoms with Crippen molar-refractivity contribution >= 4 is 23.0 Å². The third-order valence-electron chi connectivity index (χ3n) is 6.49. The summed E-state index contributed by atoms with van der Waals surface area (Å²) in [4.78, 5) is 44.6. The van der Waals surface area contributed by atoms with Gasteiger partial charge in [0.1, 0.15) is 0 Å². The van der Waals surface area contributed by atoms with Crippen molar-refractivity contribution in [3.05, 3.63) is 106 Å². The minimum Gasteiger partial charge on any atom is -0.489 e. The van der Waals surface area contributed by atoms with Crippen LogP contribution < -0.4 is 5.32 Å². The van der Waals surface area contributed by atoms with Crippen LogP contribution in [0.2, 0.25) is 0 Å². The largest absolute Gasteiger partial charge is 0.489 e. The number of carbonyl (C=O) groups is 3. The molecule has 1 aromatic heterocycles. The Labute approximate surface area is 215 Å². The predicted octanol–water partition coefficient (Wildman–Crippen LogP) is 4.98. The Hall–Kier alpha value is -4.52. The monoisotopic (exact) mass is 496 g/mol. The van der Waals surface area contributed by atoms with Gasteiger partial charge >= 0.3 is 0 Å². The van der Waals surface area contributed by atoms with Gasteiger partial charge in [-0.3, -0.25) is 19.4 Å². The van der Waals surface area contributed by atoms with E-state index < -0.39 is 11.6 Å². The van der Waals surface area contributed by atoms with Crippen molar-refractivity contribution in [3.8, 4) is 11.1 Å². The van der Waals surface area contributed by atoms with Crippen molar-refractivity contribution in [3.63, 3.8) is 0 Å². The number of allylic oxidation sites excluding steroid dienone is 2. The highest BCUT2D eigenvalue weighted by Gasteiger charge is 2.37. The van der Waals surface area contributed by atoms with E-state index in [1.165, 1.54) is 14.2 Å². The van der Waals surface area contributed by atoms with Gasteiger partial charge in [-0.05, 0) is 61.2 Å². The Kier molecular flexibility index (Phi) is 7.34. The highest BCUT2D eigenvalue weighted by molar-refractivity contribution is 6.39. The molecule has 3 aromatic rings. The topological polar surface area (TPSA) is 94.6 Å². The molecule has 0 aliphatic heterocycles. The van der Waals surface area contributed by atoms with Gasteiger partial charge < -0.3 is 14.8 Å². The van der Waals surface area contributed by atoms with Crippen LogP contribution >= 0.6 is 0 Å². The number of pyridine rings is 1. The average molecular weight is 497 g/mol.